The molecule has 7 heteroatoms. The number of benzene rings is 2. The summed E-state index contributed by atoms with van der Waals surface area (Å²) in [4.78, 5) is 41.1. The van der Waals surface area contributed by atoms with E-state index in [4.69, 9.17) is 4.74 Å². The van der Waals surface area contributed by atoms with Gasteiger partial charge in [-0.3, -0.25) is 19.8 Å². The van der Waals surface area contributed by atoms with Gasteiger partial charge in [0.25, 0.3) is 5.91 Å². The number of anilines is 1. The number of nitrogens with one attached hydrogen (secondary N) is 1. The summed E-state index contributed by atoms with van der Waals surface area (Å²) in [5.74, 6) is -0.263. The normalized spacial score (nSPS) is 24.5. The van der Waals surface area contributed by atoms with E-state index in [2.05, 4.69) is 5.43 Å². The molecular formula is C26H27N3O4. The number of allylic oxidation sites excluding steroid dienone is 2. The Kier molecular flexibility index (Phi) is 5.62. The lowest BCUT2D eigenvalue weighted by Gasteiger charge is -2.38. The van der Waals surface area contributed by atoms with Gasteiger partial charge in [0.15, 0.2) is 0 Å². The van der Waals surface area contributed by atoms with E-state index in [1.807, 2.05) is 41.3 Å². The highest BCUT2D eigenvalue weighted by Crippen LogP contribution is 2.35. The molecule has 3 atom stereocenters. The molecule has 0 spiro atoms. The number of rotatable bonds is 4. The monoisotopic (exact) mass is 445 g/mol. The van der Waals surface area contributed by atoms with Crippen molar-refractivity contribution in [1.82, 2.24) is 10.3 Å². The first kappa shape index (κ1) is 21.2. The van der Waals surface area contributed by atoms with Gasteiger partial charge in [-0.05, 0) is 61.6 Å². The third-order valence-corrected chi connectivity index (χ3v) is 6.89. The summed E-state index contributed by atoms with van der Waals surface area (Å²) < 4.78 is 5.25. The highest BCUT2D eigenvalue weighted by Gasteiger charge is 2.42. The maximum atomic E-state index is 13.5. The number of ether oxygens (including phenoxy) is 1. The Bertz CT molecular complexity index is 1110. The molecule has 0 aromatic heterocycles. The van der Waals surface area contributed by atoms with Crippen LogP contribution in [0.15, 0.2) is 60.7 Å². The van der Waals surface area contributed by atoms with Gasteiger partial charge in [-0.1, -0.05) is 30.4 Å². The van der Waals surface area contributed by atoms with Gasteiger partial charge in [0.1, 0.15) is 5.75 Å². The van der Waals surface area contributed by atoms with Crippen LogP contribution in [-0.4, -0.2) is 36.3 Å². The van der Waals surface area contributed by atoms with E-state index in [0.717, 1.165) is 24.2 Å². The second kappa shape index (κ2) is 8.73. The molecule has 7 nitrogen and oxygen atoms in total. The van der Waals surface area contributed by atoms with E-state index in [9.17, 15) is 14.4 Å². The Labute approximate surface area is 193 Å². The smallest absolute Gasteiger partial charge is 0.254 e. The largest absolute Gasteiger partial charge is 0.497 e. The van der Waals surface area contributed by atoms with Gasteiger partial charge in [-0.25, -0.2) is 5.01 Å². The fourth-order valence-electron chi connectivity index (χ4n) is 5.11. The zero-order valence-corrected chi connectivity index (χ0v) is 18.6. The number of methoxy groups -OCH3 is 1. The fourth-order valence-corrected chi connectivity index (χ4v) is 5.11. The second-order valence-corrected chi connectivity index (χ2v) is 8.79. The summed E-state index contributed by atoms with van der Waals surface area (Å²) in [6, 6.07) is 14.8. The molecule has 3 amide bonds. The van der Waals surface area contributed by atoms with Crippen molar-refractivity contribution in [2.24, 2.45) is 11.8 Å². The molecule has 1 N–H and O–H groups in total. The molecule has 3 aliphatic rings. The predicted octanol–water partition coefficient (Wildman–Crippen LogP) is 3.63. The lowest BCUT2D eigenvalue weighted by molar-refractivity contribution is -0.139. The van der Waals surface area contributed by atoms with Crippen LogP contribution < -0.4 is 15.2 Å². The van der Waals surface area contributed by atoms with Crippen LogP contribution in [0.5, 0.6) is 5.75 Å². The lowest BCUT2D eigenvalue weighted by Crippen LogP contribution is -2.59. The number of fused-ring (bicyclic) bond motifs is 1. The van der Waals surface area contributed by atoms with E-state index in [0.29, 0.717) is 30.6 Å². The zero-order valence-electron chi connectivity index (χ0n) is 18.6. The molecule has 0 unspecified atom stereocenters. The molecule has 2 aliphatic heterocycles. The first-order chi connectivity index (χ1) is 16.1. The minimum Gasteiger partial charge on any atom is -0.497 e. The van der Waals surface area contributed by atoms with Crippen LogP contribution >= 0.6 is 0 Å². The molecule has 170 valence electrons. The van der Waals surface area contributed by atoms with Crippen molar-refractivity contribution in [2.75, 3.05) is 18.7 Å². The van der Waals surface area contributed by atoms with Crippen LogP contribution in [0, 0.1) is 11.8 Å². The minimum absolute atomic E-state index is 0.00170. The van der Waals surface area contributed by atoms with Crippen LogP contribution in [0.4, 0.5) is 5.69 Å². The number of hydrogen-bond donors (Lipinski definition) is 1. The number of likely N-dealkylation sites (tertiary alicyclic amines) is 1. The van der Waals surface area contributed by atoms with Gasteiger partial charge in [0.2, 0.25) is 11.8 Å². The molecule has 2 aromatic carbocycles. The summed E-state index contributed by atoms with van der Waals surface area (Å²) in [7, 11) is 1.63. The van der Waals surface area contributed by atoms with Crippen molar-refractivity contribution >= 4 is 23.4 Å². The SMILES string of the molecule is COc1ccc([C@@H]2CCCN2C(=O)c2cccc(N3NC(=O)[C@H]4CC=CC[C@@H]4C3=O)c2)cc1. The number of nitrogens with zero attached hydrogens (tertiary/aromatic N) is 2. The van der Waals surface area contributed by atoms with Crippen LogP contribution in [0.2, 0.25) is 0 Å². The number of hydrogen-bond acceptors (Lipinski definition) is 4. The molecule has 2 aromatic rings. The van der Waals surface area contributed by atoms with E-state index in [-0.39, 0.29) is 35.6 Å². The van der Waals surface area contributed by atoms with Gasteiger partial charge in [-0.15, -0.1) is 0 Å². The van der Waals surface area contributed by atoms with E-state index >= 15 is 0 Å². The maximum Gasteiger partial charge on any atom is 0.254 e. The average molecular weight is 446 g/mol. The summed E-state index contributed by atoms with van der Waals surface area (Å²) in [6.45, 7) is 0.676. The molecule has 5 rings (SSSR count). The fraction of sp³-hybridized carbons (Fsp3) is 0.346. The molecule has 2 fully saturated rings. The Morgan fingerprint density at radius 2 is 1.79 bits per heavy atom. The predicted molar refractivity (Wildman–Crippen MR) is 123 cm³/mol. The maximum absolute atomic E-state index is 13.5. The molecule has 0 radical (unpaired) electrons. The summed E-state index contributed by atoms with van der Waals surface area (Å²) in [5, 5.41) is 1.31. The highest BCUT2D eigenvalue weighted by atomic mass is 16.5. The summed E-state index contributed by atoms with van der Waals surface area (Å²) >= 11 is 0. The van der Waals surface area contributed by atoms with Gasteiger partial charge in [0, 0.05) is 12.1 Å². The van der Waals surface area contributed by atoms with Gasteiger partial charge in [-0.2, -0.15) is 0 Å². The number of hydrazine groups is 1. The molecule has 2 saturated heterocycles. The first-order valence-electron chi connectivity index (χ1n) is 11.4. The third kappa shape index (κ3) is 3.88. The topological polar surface area (TPSA) is 79.0 Å². The molecular weight excluding hydrogens is 418 g/mol. The number of amides is 3. The zero-order chi connectivity index (χ0) is 22.9. The van der Waals surface area contributed by atoms with Gasteiger partial charge in [0.05, 0.1) is 30.7 Å². The Morgan fingerprint density at radius 1 is 1.03 bits per heavy atom. The standard InChI is InChI=1S/C26H27N3O4/c1-33-20-13-11-17(12-14-20)23-10-5-15-28(23)25(31)18-6-4-7-19(16-18)29-26(32)22-9-3-2-8-21(22)24(30)27-29/h2-4,6-7,11-14,16,21-23H,5,8-10,15H2,1H3,(H,27,30)/t21-,22-,23-/m0/s1. The quantitative estimate of drug-likeness (QED) is 0.729. The van der Waals surface area contributed by atoms with Crippen molar-refractivity contribution < 1.29 is 19.1 Å². The molecule has 0 bridgehead atoms. The van der Waals surface area contributed by atoms with Crippen LogP contribution in [0.1, 0.15) is 47.6 Å². The average Bonchev–Trinajstić information content (AvgIpc) is 3.36. The lowest BCUT2D eigenvalue weighted by atomic mass is 9.80. The van der Waals surface area contributed by atoms with Crippen LogP contribution in [0.25, 0.3) is 0 Å². The molecule has 33 heavy (non-hydrogen) atoms. The van der Waals surface area contributed by atoms with Crippen molar-refractivity contribution in [3.63, 3.8) is 0 Å². The van der Waals surface area contributed by atoms with Crippen molar-refractivity contribution in [2.45, 2.75) is 31.7 Å². The number of carbonyl (C=O) groups excluding carboxylic acids is 3. The van der Waals surface area contributed by atoms with E-state index in [1.54, 1.807) is 31.4 Å². The van der Waals surface area contributed by atoms with Gasteiger partial charge >= 0.3 is 0 Å². The van der Waals surface area contributed by atoms with Crippen molar-refractivity contribution in [3.8, 4) is 5.75 Å². The Balaban J connectivity index is 1.38. The highest BCUT2D eigenvalue weighted by molar-refractivity contribution is 6.05. The second-order valence-electron chi connectivity index (χ2n) is 8.79. The molecule has 2 heterocycles. The van der Waals surface area contributed by atoms with Crippen LogP contribution in [-0.2, 0) is 9.59 Å². The summed E-state index contributed by atoms with van der Waals surface area (Å²) in [6.07, 6.45) is 6.88. The van der Waals surface area contributed by atoms with E-state index in [1.165, 1.54) is 5.01 Å². The van der Waals surface area contributed by atoms with Crippen LogP contribution in [0.3, 0.4) is 0 Å². The number of carbonyl (C=O) groups is 3. The van der Waals surface area contributed by atoms with Crippen molar-refractivity contribution in [3.05, 3.63) is 71.8 Å². The molecule has 0 saturated carbocycles. The van der Waals surface area contributed by atoms with Crippen molar-refractivity contribution in [1.29, 1.82) is 0 Å². The van der Waals surface area contributed by atoms with E-state index < -0.39 is 0 Å². The summed E-state index contributed by atoms with van der Waals surface area (Å²) in [5.41, 5.74) is 4.82. The third-order valence-electron chi connectivity index (χ3n) is 6.89. The molecule has 1 aliphatic carbocycles. The Hall–Kier alpha value is -3.61. The Morgan fingerprint density at radius 3 is 2.55 bits per heavy atom. The minimum atomic E-state index is -0.360. The van der Waals surface area contributed by atoms with Gasteiger partial charge < -0.3 is 9.64 Å². The first-order valence-corrected chi connectivity index (χ1v) is 11.4.